The minimum absolute atomic E-state index is 0.506. The molecule has 0 bridgehead atoms. The van der Waals surface area contributed by atoms with Crippen LogP contribution in [0.2, 0.25) is 0 Å². The van der Waals surface area contributed by atoms with Crippen molar-refractivity contribution in [1.29, 1.82) is 0 Å². The molecule has 0 amide bonds. The molecule has 1 nitrogen and oxygen atoms in total. The first-order chi connectivity index (χ1) is 6.70. The Morgan fingerprint density at radius 3 is 2.93 bits per heavy atom. The number of hydrogen-bond donors (Lipinski definition) is 1. The number of hydrogen-bond acceptors (Lipinski definition) is 1. The Kier molecular flexibility index (Phi) is 2.99. The summed E-state index contributed by atoms with van der Waals surface area (Å²) in [7, 11) is 0. The summed E-state index contributed by atoms with van der Waals surface area (Å²) in [6.07, 6.45) is 5.49. The number of fused-ring (bicyclic) bond motifs is 1. The van der Waals surface area contributed by atoms with Gasteiger partial charge in [-0.25, -0.2) is 0 Å². The maximum atomic E-state index is 6.20. The molecule has 1 fully saturated rings. The molecule has 0 aromatic heterocycles. The fraction of sp³-hybridized carbons (Fsp3) is 0.667. The van der Waals surface area contributed by atoms with Crippen LogP contribution in [-0.4, -0.2) is 13.1 Å². The molecular formula is C12H18ClN. The van der Waals surface area contributed by atoms with Gasteiger partial charge in [0.25, 0.3) is 0 Å². The van der Waals surface area contributed by atoms with Crippen LogP contribution in [0.4, 0.5) is 0 Å². The van der Waals surface area contributed by atoms with E-state index in [2.05, 4.69) is 31.3 Å². The molecule has 1 saturated heterocycles. The molecule has 0 saturated carbocycles. The normalized spacial score (nSPS) is 38.1. The lowest BCUT2D eigenvalue weighted by atomic mass is 9.75. The number of allylic oxidation sites excluding steroid dienone is 3. The van der Waals surface area contributed by atoms with Crippen LogP contribution in [0.3, 0.4) is 0 Å². The van der Waals surface area contributed by atoms with E-state index in [-0.39, 0.29) is 0 Å². The fourth-order valence-electron chi connectivity index (χ4n) is 2.74. The van der Waals surface area contributed by atoms with E-state index in [1.165, 1.54) is 6.42 Å². The molecular weight excluding hydrogens is 194 g/mol. The summed E-state index contributed by atoms with van der Waals surface area (Å²) in [4.78, 5) is 0. The first kappa shape index (κ1) is 10.3. The maximum Gasteiger partial charge on any atom is 0.0215 e. The molecule has 78 valence electrons. The third-order valence-electron chi connectivity index (χ3n) is 3.53. The summed E-state index contributed by atoms with van der Waals surface area (Å²) in [5.74, 6) is 1.86. The number of nitrogens with one attached hydrogen (secondary N) is 1. The van der Waals surface area contributed by atoms with E-state index >= 15 is 0 Å². The van der Waals surface area contributed by atoms with Gasteiger partial charge < -0.3 is 5.32 Å². The van der Waals surface area contributed by atoms with E-state index in [0.29, 0.717) is 17.8 Å². The zero-order valence-corrected chi connectivity index (χ0v) is 9.64. The maximum absolute atomic E-state index is 6.20. The first-order valence-corrected chi connectivity index (χ1v) is 5.85. The molecule has 1 aliphatic carbocycles. The molecule has 0 spiro atoms. The summed E-state index contributed by atoms with van der Waals surface area (Å²) in [6, 6.07) is 0. The monoisotopic (exact) mass is 211 g/mol. The minimum Gasteiger partial charge on any atom is -0.316 e. The third kappa shape index (κ3) is 1.76. The van der Waals surface area contributed by atoms with Crippen LogP contribution in [0, 0.1) is 17.8 Å². The lowest BCUT2D eigenvalue weighted by molar-refractivity contribution is 0.336. The zero-order chi connectivity index (χ0) is 10.1. The average molecular weight is 212 g/mol. The molecule has 14 heavy (non-hydrogen) atoms. The number of rotatable bonds is 0. The van der Waals surface area contributed by atoms with E-state index in [4.69, 9.17) is 11.6 Å². The molecule has 2 aliphatic rings. The van der Waals surface area contributed by atoms with Gasteiger partial charge in [0.1, 0.15) is 0 Å². The highest BCUT2D eigenvalue weighted by molar-refractivity contribution is 6.30. The lowest BCUT2D eigenvalue weighted by Gasteiger charge is -2.32. The topological polar surface area (TPSA) is 12.0 Å². The van der Waals surface area contributed by atoms with Crippen LogP contribution in [0.1, 0.15) is 20.3 Å². The second kappa shape index (κ2) is 4.08. The molecule has 3 atom stereocenters. The Balaban J connectivity index is 2.28. The summed E-state index contributed by atoms with van der Waals surface area (Å²) in [5, 5.41) is 4.50. The van der Waals surface area contributed by atoms with Gasteiger partial charge in [-0.1, -0.05) is 37.1 Å². The molecule has 2 unspecified atom stereocenters. The van der Waals surface area contributed by atoms with Crippen molar-refractivity contribution in [2.45, 2.75) is 20.3 Å². The Labute approximate surface area is 91.2 Å². The molecule has 1 N–H and O–H groups in total. The van der Waals surface area contributed by atoms with Gasteiger partial charge in [0.05, 0.1) is 0 Å². The Morgan fingerprint density at radius 2 is 2.14 bits per heavy atom. The van der Waals surface area contributed by atoms with E-state index in [9.17, 15) is 0 Å². The van der Waals surface area contributed by atoms with Crippen LogP contribution in [0.25, 0.3) is 0 Å². The Bertz CT molecular complexity index is 280. The van der Waals surface area contributed by atoms with Crippen LogP contribution < -0.4 is 5.32 Å². The summed E-state index contributed by atoms with van der Waals surface area (Å²) in [5.41, 5.74) is 1.58. The third-order valence-corrected chi connectivity index (χ3v) is 4.00. The van der Waals surface area contributed by atoms with Gasteiger partial charge in [0.15, 0.2) is 0 Å². The highest BCUT2D eigenvalue weighted by Crippen LogP contribution is 2.39. The summed E-state index contributed by atoms with van der Waals surface area (Å²) >= 11 is 6.20. The average Bonchev–Trinajstić information content (AvgIpc) is 2.35. The van der Waals surface area contributed by atoms with Crippen molar-refractivity contribution in [1.82, 2.24) is 5.32 Å². The molecule has 2 heteroatoms. The SMILES string of the molecule is CC1C(Cl)=CC=C2CCNC[C@H](C)C21. The van der Waals surface area contributed by atoms with Crippen LogP contribution >= 0.6 is 11.6 Å². The van der Waals surface area contributed by atoms with Gasteiger partial charge in [0.2, 0.25) is 0 Å². The Morgan fingerprint density at radius 1 is 1.36 bits per heavy atom. The second-order valence-corrected chi connectivity index (χ2v) is 4.98. The quantitative estimate of drug-likeness (QED) is 0.650. The summed E-state index contributed by atoms with van der Waals surface area (Å²) in [6.45, 7) is 6.81. The Hall–Kier alpha value is -0.270. The van der Waals surface area contributed by atoms with E-state index in [1.54, 1.807) is 5.57 Å². The van der Waals surface area contributed by atoms with Gasteiger partial charge in [-0.15, -0.1) is 0 Å². The minimum atomic E-state index is 0.506. The van der Waals surface area contributed by atoms with Crippen molar-refractivity contribution < 1.29 is 0 Å². The summed E-state index contributed by atoms with van der Waals surface area (Å²) < 4.78 is 0. The smallest absolute Gasteiger partial charge is 0.0215 e. The van der Waals surface area contributed by atoms with E-state index < -0.39 is 0 Å². The lowest BCUT2D eigenvalue weighted by Crippen LogP contribution is -2.27. The van der Waals surface area contributed by atoms with E-state index in [0.717, 1.165) is 18.1 Å². The predicted octanol–water partition coefficient (Wildman–Crippen LogP) is 2.93. The van der Waals surface area contributed by atoms with Gasteiger partial charge in [-0.3, -0.25) is 0 Å². The van der Waals surface area contributed by atoms with Gasteiger partial charge in [-0.2, -0.15) is 0 Å². The molecule has 2 rings (SSSR count). The van der Waals surface area contributed by atoms with Crippen molar-refractivity contribution in [3.63, 3.8) is 0 Å². The second-order valence-electron chi connectivity index (χ2n) is 4.54. The number of halogens is 1. The molecule has 0 aromatic rings. The van der Waals surface area contributed by atoms with Gasteiger partial charge in [-0.05, 0) is 43.3 Å². The van der Waals surface area contributed by atoms with Crippen molar-refractivity contribution in [2.24, 2.45) is 17.8 Å². The highest BCUT2D eigenvalue weighted by atomic mass is 35.5. The fourth-order valence-corrected chi connectivity index (χ4v) is 2.94. The van der Waals surface area contributed by atoms with Crippen LogP contribution in [0.15, 0.2) is 22.8 Å². The van der Waals surface area contributed by atoms with Gasteiger partial charge in [0, 0.05) is 5.03 Å². The van der Waals surface area contributed by atoms with Crippen molar-refractivity contribution >= 4 is 11.6 Å². The predicted molar refractivity (Wildman–Crippen MR) is 61.3 cm³/mol. The van der Waals surface area contributed by atoms with Crippen molar-refractivity contribution in [3.05, 3.63) is 22.8 Å². The standard InChI is InChI=1S/C12H18ClN/c1-8-7-14-6-5-10-3-4-11(13)9(2)12(8)10/h3-4,8-9,12,14H,5-7H2,1-2H3/t8-,9?,12?/m0/s1. The van der Waals surface area contributed by atoms with Crippen LogP contribution in [0.5, 0.6) is 0 Å². The van der Waals surface area contributed by atoms with Crippen molar-refractivity contribution in [3.8, 4) is 0 Å². The highest BCUT2D eigenvalue weighted by Gasteiger charge is 2.31. The molecule has 1 aliphatic heterocycles. The van der Waals surface area contributed by atoms with E-state index in [1.807, 2.05) is 0 Å². The van der Waals surface area contributed by atoms with Crippen LogP contribution in [-0.2, 0) is 0 Å². The first-order valence-electron chi connectivity index (χ1n) is 5.47. The molecule has 0 aromatic carbocycles. The van der Waals surface area contributed by atoms with Gasteiger partial charge >= 0.3 is 0 Å². The molecule has 1 heterocycles. The largest absolute Gasteiger partial charge is 0.316 e. The molecule has 0 radical (unpaired) electrons. The van der Waals surface area contributed by atoms with Crippen molar-refractivity contribution in [2.75, 3.05) is 13.1 Å². The zero-order valence-electron chi connectivity index (χ0n) is 8.89.